The number of fused-ring (bicyclic) bond motifs is 4. The number of imidazole rings is 3. The molecule has 0 aliphatic heterocycles. The molecular weight excluding hydrogens is 1410 g/mol. The van der Waals surface area contributed by atoms with Crippen molar-refractivity contribution in [3.05, 3.63) is 364 Å². The number of hydrogen-bond donors (Lipinski definition) is 0. The second-order valence-corrected chi connectivity index (χ2v) is 31.7. The molecule has 9 nitrogen and oxygen atoms in total. The van der Waals surface area contributed by atoms with E-state index < -0.39 is 13.7 Å². The average Bonchev–Trinajstić information content (AvgIpc) is 1.62. The molecule has 0 unspecified atom stereocenters. The fourth-order valence-corrected chi connectivity index (χ4v) is 16.3. The summed E-state index contributed by atoms with van der Waals surface area (Å²) >= 11 is 0. The van der Waals surface area contributed by atoms with Gasteiger partial charge in [-0.15, -0.1) is 0 Å². The molecule has 6 heterocycles. The highest BCUT2D eigenvalue weighted by Crippen LogP contribution is 2.36. The van der Waals surface area contributed by atoms with Crippen LogP contribution in [0.15, 0.2) is 292 Å². The Hall–Kier alpha value is -12.5. The number of rotatable bonds is 9. The maximum atomic E-state index is 7.78. The van der Waals surface area contributed by atoms with E-state index in [9.17, 15) is 0 Å². The minimum Gasteiger partial charge on any atom is -0.233 e. The molecule has 11 aromatic carbocycles. The Balaban J connectivity index is 0.000000135. The topological polar surface area (TPSA) is 38.1 Å². The molecule has 17 rings (SSSR count). The van der Waals surface area contributed by atoms with E-state index in [-0.39, 0.29) is 0 Å². The van der Waals surface area contributed by atoms with E-state index in [1.165, 1.54) is 128 Å². The van der Waals surface area contributed by atoms with Crippen LogP contribution in [0.3, 0.4) is 0 Å². The van der Waals surface area contributed by atoms with Crippen LogP contribution >= 0.6 is 0 Å². The Morgan fingerprint density at radius 1 is 0.302 bits per heavy atom. The van der Waals surface area contributed by atoms with Crippen LogP contribution in [0.5, 0.6) is 0 Å². The smallest absolute Gasteiger partial charge is 0.233 e. The van der Waals surface area contributed by atoms with Gasteiger partial charge in [0.05, 0.1) is 51.9 Å². The Bertz CT molecular complexity index is 6580. The highest BCUT2D eigenvalue weighted by molar-refractivity contribution is 5.81. The standard InChI is InChI=1S/C23H29N2.2C19H20N.C18H18N.C16H17N2.C12H15N2/c1-16(2)19-12-9-13-20(17(3)4)22(19)25-15-14-24(6)23(25)21-11-8-7-10-18(21)5;2*1-13-11-14(2)15(3)17(12-13)19-10-9-16-7-5-6-8-18(16)20(19)4;1-13-8-10-16(14(2)12-13)18-11-9-15-6-4-5-7-17(15)19(18)3;1-12-8-4-5-9-13(12)16-17(2)14-10-6-7-11-15(14)18(16)3;1-10-6-4-5-7-11(10)12-13(2)8-9-14(12)3/h7-17H,1-6H3;2*5-12H,1-4H3;4-12H,1-3H3;4-11H,1-3H3;4-9H,1-3H3/q6*+1/i;2D3;;1D3;;. The maximum Gasteiger partial charge on any atom is 0.294 e. The van der Waals surface area contributed by atoms with Gasteiger partial charge in [0.25, 0.3) is 17.5 Å². The van der Waals surface area contributed by atoms with Gasteiger partial charge in [-0.3, -0.25) is 0 Å². The summed E-state index contributed by atoms with van der Waals surface area (Å²) in [5, 5.41) is 3.63. The third-order valence-electron chi connectivity index (χ3n) is 22.8. The number of aromatic nitrogens is 9. The molecule has 0 aliphatic rings. The van der Waals surface area contributed by atoms with Crippen molar-refractivity contribution in [1.82, 2.24) is 13.7 Å². The highest BCUT2D eigenvalue weighted by Gasteiger charge is 2.28. The van der Waals surface area contributed by atoms with Gasteiger partial charge in [0.15, 0.2) is 11.0 Å². The molecule has 0 N–H and O–H groups in total. The molecule has 0 bridgehead atoms. The van der Waals surface area contributed by atoms with E-state index in [0.717, 1.165) is 50.2 Å². The first kappa shape index (κ1) is 74.9. The molecule has 116 heavy (non-hydrogen) atoms. The minimum atomic E-state index is -2.10. The quantitative estimate of drug-likeness (QED) is 0.129. The summed E-state index contributed by atoms with van der Waals surface area (Å²) in [7, 11) is 16.7. The van der Waals surface area contributed by atoms with Gasteiger partial charge in [-0.25, -0.2) is 22.8 Å². The first-order valence-corrected chi connectivity index (χ1v) is 40.3. The first-order valence-electron chi connectivity index (χ1n) is 43.3. The molecule has 586 valence electrons. The summed E-state index contributed by atoms with van der Waals surface area (Å²) < 4.78 is 65.9. The lowest BCUT2D eigenvalue weighted by Gasteiger charge is -2.18. The van der Waals surface area contributed by atoms with Crippen LogP contribution in [0.4, 0.5) is 0 Å². The van der Waals surface area contributed by atoms with Crippen molar-refractivity contribution in [2.24, 2.45) is 56.4 Å². The summed E-state index contributed by atoms with van der Waals surface area (Å²) in [6.45, 7) is 23.8. The number of para-hydroxylation sites is 6. The Kier molecular flexibility index (Phi) is 23.5. The summed E-state index contributed by atoms with van der Waals surface area (Å²) in [6.07, 6.45) is 8.50. The molecule has 0 atom stereocenters. The summed E-state index contributed by atoms with van der Waals surface area (Å²) in [5.41, 5.74) is 32.3. The number of hydrogen-bond acceptors (Lipinski definition) is 0. The molecule has 0 aliphatic carbocycles. The van der Waals surface area contributed by atoms with Crippen LogP contribution in [-0.4, -0.2) is 13.7 Å². The zero-order valence-corrected chi connectivity index (χ0v) is 71.9. The second-order valence-electron chi connectivity index (χ2n) is 31.7. The lowest BCUT2D eigenvalue weighted by molar-refractivity contribution is -0.659. The summed E-state index contributed by atoms with van der Waals surface area (Å²) in [6, 6.07) is 92.3. The van der Waals surface area contributed by atoms with Gasteiger partial charge >= 0.3 is 0 Å². The van der Waals surface area contributed by atoms with Crippen molar-refractivity contribution in [3.8, 4) is 73.6 Å². The lowest BCUT2D eigenvalue weighted by atomic mass is 9.92. The van der Waals surface area contributed by atoms with Gasteiger partial charge in [-0.2, -0.15) is 18.3 Å². The predicted octanol–water partition coefficient (Wildman–Crippen LogP) is 22.8. The van der Waals surface area contributed by atoms with E-state index in [0.29, 0.717) is 23.0 Å². The van der Waals surface area contributed by atoms with Gasteiger partial charge in [0.1, 0.15) is 51.6 Å². The minimum absolute atomic E-state index is 0.386. The monoisotopic (exact) mass is 1540 g/mol. The van der Waals surface area contributed by atoms with E-state index in [4.69, 9.17) is 8.22 Å². The SMILES string of the molecule is Cc1cc(C)c(C)c(-c2ccc3ccccc3[n+]2C)c1.Cc1ccccc1-c1n(-c2c(C(C)C)cccc2C(C)C)cc[n+]1C.Cc1ccccc1-c1n(C)c2ccccc2[n+]1C.Cc1ccccc1-c1n(C)cc[n+]1C.[2H]C([2H])([2H])c1cc(C)cc(-c2ccc3ccccc3[n+]2C)c1C.[2H]C([2H])([2H])c1ccc(-c2ccc3ccccc3[n+]2C)c(C)c1. The fraction of sp³-hybridized carbons (Fsp3) is 0.234. The molecular formula is C107H119N9+6. The van der Waals surface area contributed by atoms with E-state index in [1.54, 1.807) is 18.2 Å². The van der Waals surface area contributed by atoms with Crippen molar-refractivity contribution in [2.75, 3.05) is 0 Å². The predicted molar refractivity (Wildman–Crippen MR) is 486 cm³/mol. The zero-order chi connectivity index (χ0) is 87.9. The van der Waals surface area contributed by atoms with Gasteiger partial charge in [-0.05, 0) is 217 Å². The molecule has 0 fully saturated rings. The van der Waals surface area contributed by atoms with Gasteiger partial charge in [-0.1, -0.05) is 190 Å². The Morgan fingerprint density at radius 2 is 0.698 bits per heavy atom. The molecule has 0 saturated carbocycles. The maximum absolute atomic E-state index is 7.78. The van der Waals surface area contributed by atoms with E-state index in [1.807, 2.05) is 65.2 Å². The van der Waals surface area contributed by atoms with Crippen molar-refractivity contribution in [1.29, 1.82) is 0 Å². The lowest BCUT2D eigenvalue weighted by Crippen LogP contribution is -2.32. The molecule has 17 aromatic rings. The van der Waals surface area contributed by atoms with E-state index >= 15 is 0 Å². The van der Waals surface area contributed by atoms with Crippen LogP contribution in [0.1, 0.15) is 120 Å². The highest BCUT2D eigenvalue weighted by atomic mass is 15.2. The molecule has 0 amide bonds. The van der Waals surface area contributed by atoms with Crippen LogP contribution in [0.2, 0.25) is 0 Å². The van der Waals surface area contributed by atoms with E-state index in [2.05, 4.69) is 396 Å². The number of aryl methyl sites for hydroxylation is 17. The van der Waals surface area contributed by atoms with Crippen molar-refractivity contribution >= 4 is 43.7 Å². The fourth-order valence-electron chi connectivity index (χ4n) is 16.3. The van der Waals surface area contributed by atoms with Gasteiger partial charge < -0.3 is 0 Å². The van der Waals surface area contributed by atoms with Crippen LogP contribution in [0, 0.1) is 76.0 Å². The van der Waals surface area contributed by atoms with Crippen molar-refractivity contribution < 1.29 is 35.6 Å². The third kappa shape index (κ3) is 17.7. The molecule has 0 saturated heterocycles. The third-order valence-corrected chi connectivity index (χ3v) is 22.8. The van der Waals surface area contributed by atoms with Crippen LogP contribution < -0.4 is 27.4 Å². The molecule has 9 heteroatoms. The zero-order valence-electron chi connectivity index (χ0n) is 77.9. The Labute approximate surface area is 698 Å². The molecule has 0 radical (unpaired) electrons. The molecule has 0 spiro atoms. The van der Waals surface area contributed by atoms with Crippen LogP contribution in [-0.2, 0) is 56.4 Å². The normalized spacial score (nSPS) is 12.0. The molecule has 6 aromatic heterocycles. The second kappa shape index (κ2) is 36.4. The van der Waals surface area contributed by atoms with Crippen molar-refractivity contribution in [3.63, 3.8) is 0 Å². The number of pyridine rings is 3. The van der Waals surface area contributed by atoms with Crippen LogP contribution in [0.25, 0.3) is 117 Å². The van der Waals surface area contributed by atoms with Gasteiger partial charge in [0, 0.05) is 88.6 Å². The largest absolute Gasteiger partial charge is 0.294 e. The Morgan fingerprint density at radius 3 is 1.14 bits per heavy atom. The summed E-state index contributed by atoms with van der Waals surface area (Å²) in [5.74, 6) is 4.67. The average molecular weight is 1540 g/mol. The number of nitrogens with zero attached hydrogens (tertiary/aromatic N) is 9. The summed E-state index contributed by atoms with van der Waals surface area (Å²) in [4.78, 5) is 0. The number of benzene rings is 11. The van der Waals surface area contributed by atoms with Crippen molar-refractivity contribution in [2.45, 2.75) is 116 Å². The first-order chi connectivity index (χ1) is 58.0. The van der Waals surface area contributed by atoms with Gasteiger partial charge in [0.2, 0.25) is 33.6 Å².